The normalized spacial score (nSPS) is 17.5. The van der Waals surface area contributed by atoms with Crippen molar-refractivity contribution in [2.24, 2.45) is 11.7 Å². The number of thioether (sulfide) groups is 1. The van der Waals surface area contributed by atoms with Crippen LogP contribution in [0.25, 0.3) is 0 Å². The minimum absolute atomic E-state index is 0. The molecule has 0 bridgehead atoms. The summed E-state index contributed by atoms with van der Waals surface area (Å²) < 4.78 is 0.148. The first-order valence-electron chi connectivity index (χ1n) is 5.56. The molecule has 0 aliphatic heterocycles. The molecular weight excluding hydrogens is 244 g/mol. The van der Waals surface area contributed by atoms with Gasteiger partial charge in [0, 0.05) is 17.3 Å². The van der Waals surface area contributed by atoms with Crippen molar-refractivity contribution in [3.8, 4) is 0 Å². The third-order valence-corrected chi connectivity index (χ3v) is 3.70. The highest BCUT2D eigenvalue weighted by atomic mass is 35.5. The van der Waals surface area contributed by atoms with Gasteiger partial charge in [0.25, 0.3) is 0 Å². The zero-order valence-corrected chi connectivity index (χ0v) is 11.9. The van der Waals surface area contributed by atoms with E-state index >= 15 is 0 Å². The lowest BCUT2D eigenvalue weighted by Gasteiger charge is -2.19. The summed E-state index contributed by atoms with van der Waals surface area (Å²) >= 11 is 1.67. The van der Waals surface area contributed by atoms with E-state index in [1.807, 2.05) is 0 Å². The largest absolute Gasteiger partial charge is 0.351 e. The third-order valence-electron chi connectivity index (χ3n) is 2.43. The Hall–Kier alpha value is 0.0700. The van der Waals surface area contributed by atoms with E-state index in [-0.39, 0.29) is 29.1 Å². The van der Waals surface area contributed by atoms with Crippen LogP contribution in [-0.4, -0.2) is 29.0 Å². The zero-order valence-electron chi connectivity index (χ0n) is 10.3. The van der Waals surface area contributed by atoms with Crippen LogP contribution in [0.4, 0.5) is 0 Å². The number of amides is 1. The van der Waals surface area contributed by atoms with Crippen LogP contribution in [0.2, 0.25) is 0 Å². The van der Waals surface area contributed by atoms with E-state index in [2.05, 4.69) is 26.1 Å². The Kier molecular flexibility index (Phi) is 6.75. The molecule has 3 N–H and O–H groups in total. The number of halogens is 1. The van der Waals surface area contributed by atoms with Crippen LogP contribution < -0.4 is 11.1 Å². The van der Waals surface area contributed by atoms with E-state index in [1.165, 1.54) is 12.8 Å². The Bertz CT molecular complexity index is 227. The van der Waals surface area contributed by atoms with Crippen molar-refractivity contribution in [1.29, 1.82) is 0 Å². The molecule has 0 spiro atoms. The first-order chi connectivity index (χ1) is 6.92. The average molecular weight is 267 g/mol. The molecule has 1 unspecified atom stereocenters. The molecule has 0 heterocycles. The molecule has 0 saturated heterocycles. The van der Waals surface area contributed by atoms with Crippen molar-refractivity contribution >= 4 is 30.1 Å². The van der Waals surface area contributed by atoms with E-state index in [4.69, 9.17) is 5.73 Å². The van der Waals surface area contributed by atoms with Crippen LogP contribution in [0, 0.1) is 5.92 Å². The Morgan fingerprint density at radius 1 is 1.50 bits per heavy atom. The van der Waals surface area contributed by atoms with Gasteiger partial charge in [-0.15, -0.1) is 24.2 Å². The molecule has 1 rings (SSSR count). The van der Waals surface area contributed by atoms with Gasteiger partial charge in [-0.25, -0.2) is 0 Å². The molecule has 96 valence electrons. The van der Waals surface area contributed by atoms with Gasteiger partial charge in [0.05, 0.1) is 5.75 Å². The number of nitrogens with one attached hydrogen (secondary N) is 1. The van der Waals surface area contributed by atoms with E-state index in [1.54, 1.807) is 11.8 Å². The second-order valence-electron chi connectivity index (χ2n) is 5.15. The number of nitrogens with two attached hydrogens (primary N) is 1. The first-order valence-corrected chi connectivity index (χ1v) is 6.54. The summed E-state index contributed by atoms with van der Waals surface area (Å²) in [5.41, 5.74) is 5.62. The van der Waals surface area contributed by atoms with Crippen molar-refractivity contribution in [3.05, 3.63) is 0 Å². The molecule has 16 heavy (non-hydrogen) atoms. The maximum Gasteiger partial charge on any atom is 0.230 e. The Labute approximate surface area is 109 Å². The van der Waals surface area contributed by atoms with Crippen molar-refractivity contribution in [3.63, 3.8) is 0 Å². The number of rotatable bonds is 5. The molecule has 0 aromatic rings. The lowest BCUT2D eigenvalue weighted by Crippen LogP contribution is -2.42. The van der Waals surface area contributed by atoms with Crippen molar-refractivity contribution in [1.82, 2.24) is 5.32 Å². The molecule has 1 saturated carbocycles. The lowest BCUT2D eigenvalue weighted by molar-refractivity contribution is -0.119. The SMILES string of the molecule is CC(C)(C)SCC(=O)NC(CN)C1CC1.Cl. The summed E-state index contributed by atoms with van der Waals surface area (Å²) in [5.74, 6) is 1.29. The number of carbonyl (C=O) groups is 1. The fourth-order valence-electron chi connectivity index (χ4n) is 1.40. The van der Waals surface area contributed by atoms with Crippen LogP contribution in [0.1, 0.15) is 33.6 Å². The van der Waals surface area contributed by atoms with Crippen molar-refractivity contribution in [2.45, 2.75) is 44.4 Å². The molecule has 5 heteroatoms. The molecule has 1 aliphatic rings. The fraction of sp³-hybridized carbons (Fsp3) is 0.909. The minimum atomic E-state index is 0. The van der Waals surface area contributed by atoms with E-state index in [0.29, 0.717) is 18.2 Å². The first kappa shape index (κ1) is 16.1. The van der Waals surface area contributed by atoms with Gasteiger partial charge in [0.1, 0.15) is 0 Å². The third kappa shape index (κ3) is 6.61. The molecule has 0 radical (unpaired) electrons. The van der Waals surface area contributed by atoms with Crippen LogP contribution in [0.3, 0.4) is 0 Å². The fourth-order valence-corrected chi connectivity index (χ4v) is 2.05. The molecule has 3 nitrogen and oxygen atoms in total. The van der Waals surface area contributed by atoms with Crippen molar-refractivity contribution < 1.29 is 4.79 Å². The molecule has 1 fully saturated rings. The lowest BCUT2D eigenvalue weighted by atomic mass is 10.2. The maximum atomic E-state index is 11.6. The predicted molar refractivity (Wildman–Crippen MR) is 73.2 cm³/mol. The van der Waals surface area contributed by atoms with Gasteiger partial charge in [-0.1, -0.05) is 20.8 Å². The Morgan fingerprint density at radius 2 is 2.06 bits per heavy atom. The van der Waals surface area contributed by atoms with Crippen molar-refractivity contribution in [2.75, 3.05) is 12.3 Å². The minimum Gasteiger partial charge on any atom is -0.351 e. The van der Waals surface area contributed by atoms with Gasteiger partial charge < -0.3 is 11.1 Å². The van der Waals surface area contributed by atoms with E-state index in [9.17, 15) is 4.79 Å². The summed E-state index contributed by atoms with van der Waals surface area (Å²) in [6.07, 6.45) is 2.43. The molecule has 1 amide bonds. The van der Waals surface area contributed by atoms with Gasteiger partial charge in [-0.2, -0.15) is 0 Å². The zero-order chi connectivity index (χ0) is 11.5. The monoisotopic (exact) mass is 266 g/mol. The Balaban J connectivity index is 0.00000225. The summed E-state index contributed by atoms with van der Waals surface area (Å²) in [7, 11) is 0. The molecule has 1 aliphatic carbocycles. The number of hydrogen-bond acceptors (Lipinski definition) is 3. The topological polar surface area (TPSA) is 55.1 Å². The van der Waals surface area contributed by atoms with Gasteiger partial charge in [0.15, 0.2) is 0 Å². The highest BCUT2D eigenvalue weighted by Gasteiger charge is 2.31. The summed E-state index contributed by atoms with van der Waals surface area (Å²) in [4.78, 5) is 11.6. The second kappa shape index (κ2) is 6.72. The molecular formula is C11H23ClN2OS. The van der Waals surface area contributed by atoms with Crippen LogP contribution in [-0.2, 0) is 4.79 Å². The smallest absolute Gasteiger partial charge is 0.230 e. The van der Waals surface area contributed by atoms with Gasteiger partial charge in [-0.3, -0.25) is 4.79 Å². The predicted octanol–water partition coefficient (Wildman–Crippen LogP) is 1.79. The quantitative estimate of drug-likeness (QED) is 0.798. The van der Waals surface area contributed by atoms with Gasteiger partial charge in [-0.05, 0) is 18.8 Å². The van der Waals surface area contributed by atoms with Gasteiger partial charge >= 0.3 is 0 Å². The average Bonchev–Trinajstić information content (AvgIpc) is 2.93. The van der Waals surface area contributed by atoms with Gasteiger partial charge in [0.2, 0.25) is 5.91 Å². The van der Waals surface area contributed by atoms with Crippen LogP contribution in [0.5, 0.6) is 0 Å². The summed E-state index contributed by atoms with van der Waals surface area (Å²) in [6.45, 7) is 6.92. The molecule has 0 aromatic carbocycles. The van der Waals surface area contributed by atoms with Crippen LogP contribution >= 0.6 is 24.2 Å². The molecule has 1 atom stereocenters. The molecule has 0 aromatic heterocycles. The second-order valence-corrected chi connectivity index (χ2v) is 6.95. The van der Waals surface area contributed by atoms with E-state index < -0.39 is 0 Å². The highest BCUT2D eigenvalue weighted by molar-refractivity contribution is 8.01. The van der Waals surface area contributed by atoms with Crippen LogP contribution in [0.15, 0.2) is 0 Å². The summed E-state index contributed by atoms with van der Waals surface area (Å²) in [5, 5.41) is 3.02. The number of hydrogen-bond donors (Lipinski definition) is 2. The maximum absolute atomic E-state index is 11.6. The number of carbonyl (C=O) groups excluding carboxylic acids is 1. The van der Waals surface area contributed by atoms with E-state index in [0.717, 1.165) is 0 Å². The Morgan fingerprint density at radius 3 is 2.44 bits per heavy atom. The summed E-state index contributed by atoms with van der Waals surface area (Å²) in [6, 6.07) is 0.207. The highest BCUT2D eigenvalue weighted by Crippen LogP contribution is 2.32. The standard InChI is InChI=1S/C11H22N2OS.ClH/c1-11(2,3)15-7-10(14)13-9(6-12)8-4-5-8;/h8-9H,4-7,12H2,1-3H3,(H,13,14);1H.